The molecule has 0 saturated carbocycles. The van der Waals surface area contributed by atoms with Gasteiger partial charge in [-0.3, -0.25) is 14.6 Å². The van der Waals surface area contributed by atoms with Gasteiger partial charge in [-0.2, -0.15) is 0 Å². The van der Waals surface area contributed by atoms with Crippen molar-refractivity contribution in [3.05, 3.63) is 69.0 Å². The van der Waals surface area contributed by atoms with E-state index >= 15 is 4.39 Å². The number of rotatable bonds is 7. The topological polar surface area (TPSA) is 102 Å². The zero-order valence-corrected chi connectivity index (χ0v) is 18.4. The summed E-state index contributed by atoms with van der Waals surface area (Å²) >= 11 is 6.27. The number of hydrogen-bond acceptors (Lipinski definition) is 4. The zero-order valence-electron chi connectivity index (χ0n) is 17.6. The maximum Gasteiger partial charge on any atom is 0.251 e. The summed E-state index contributed by atoms with van der Waals surface area (Å²) in [7, 11) is 0. The Labute approximate surface area is 184 Å². The highest BCUT2D eigenvalue weighted by molar-refractivity contribution is 6.33. The fourth-order valence-corrected chi connectivity index (χ4v) is 3.45. The number of halogens is 2. The first kappa shape index (κ1) is 22.6. The third-order valence-electron chi connectivity index (χ3n) is 5.08. The Bertz CT molecular complexity index is 1170. The normalized spacial score (nSPS) is 11.5. The third-order valence-corrected chi connectivity index (χ3v) is 5.39. The average molecular weight is 443 g/mol. The van der Waals surface area contributed by atoms with E-state index in [9.17, 15) is 9.59 Å². The first-order chi connectivity index (χ1) is 14.6. The van der Waals surface area contributed by atoms with Crippen molar-refractivity contribution in [1.29, 1.82) is 0 Å². The molecule has 3 aromatic rings. The van der Waals surface area contributed by atoms with Gasteiger partial charge in [-0.05, 0) is 36.6 Å². The molecular weight excluding hydrogens is 419 g/mol. The Kier molecular flexibility index (Phi) is 6.55. The molecule has 8 heteroatoms. The molecule has 1 amide bonds. The van der Waals surface area contributed by atoms with Crippen LogP contribution in [0.25, 0.3) is 22.6 Å². The van der Waals surface area contributed by atoms with Crippen molar-refractivity contribution in [3.63, 3.8) is 0 Å². The number of amides is 1. The van der Waals surface area contributed by atoms with Crippen molar-refractivity contribution >= 4 is 17.5 Å². The Morgan fingerprint density at radius 1 is 1.26 bits per heavy atom. The number of nitrogens with one attached hydrogen (secondary N) is 1. The molecule has 2 aromatic heterocycles. The molecule has 0 fully saturated rings. The van der Waals surface area contributed by atoms with E-state index in [1.54, 1.807) is 20.0 Å². The summed E-state index contributed by atoms with van der Waals surface area (Å²) in [5.74, 6) is -1.20. The summed E-state index contributed by atoms with van der Waals surface area (Å²) in [6, 6.07) is 8.05. The Morgan fingerprint density at radius 2 is 2.00 bits per heavy atom. The van der Waals surface area contributed by atoms with Crippen LogP contribution in [-0.2, 0) is 17.6 Å². The molecule has 0 aliphatic heterocycles. The van der Waals surface area contributed by atoms with Crippen LogP contribution in [0.5, 0.6) is 0 Å². The van der Waals surface area contributed by atoms with Gasteiger partial charge < -0.3 is 10.7 Å². The summed E-state index contributed by atoms with van der Waals surface area (Å²) < 4.78 is 15.4. The molecule has 3 N–H and O–H groups in total. The van der Waals surface area contributed by atoms with Crippen LogP contribution in [0.1, 0.15) is 38.4 Å². The van der Waals surface area contributed by atoms with Crippen LogP contribution in [0, 0.1) is 11.2 Å². The Hall–Kier alpha value is -3.06. The van der Waals surface area contributed by atoms with E-state index in [1.807, 2.05) is 12.1 Å². The van der Waals surface area contributed by atoms with Crippen molar-refractivity contribution in [2.45, 2.75) is 40.0 Å². The van der Waals surface area contributed by atoms with Crippen molar-refractivity contribution in [1.82, 2.24) is 15.0 Å². The molecule has 0 aliphatic rings. The summed E-state index contributed by atoms with van der Waals surface area (Å²) in [5.41, 5.74) is 6.17. The number of nitrogens with zero attached hydrogens (tertiary/aromatic N) is 2. The van der Waals surface area contributed by atoms with E-state index in [2.05, 4.69) is 21.9 Å². The number of nitrogens with two attached hydrogens (primary N) is 1. The van der Waals surface area contributed by atoms with E-state index in [-0.39, 0.29) is 28.4 Å². The quantitative estimate of drug-likeness (QED) is 0.569. The smallest absolute Gasteiger partial charge is 0.251 e. The SMILES string of the molecule is CCCc1ccc(-c2cc(=O)[nH]c(-c3c(Cl)ccc(CC(C)(C)C(N)=O)c3F)n2)cn1. The molecule has 0 unspecified atom stereocenters. The van der Waals surface area contributed by atoms with Crippen LogP contribution in [0.3, 0.4) is 0 Å². The lowest BCUT2D eigenvalue weighted by molar-refractivity contribution is -0.125. The fraction of sp³-hybridized carbons (Fsp3) is 0.304. The molecule has 162 valence electrons. The van der Waals surface area contributed by atoms with E-state index in [0.717, 1.165) is 18.5 Å². The predicted molar refractivity (Wildman–Crippen MR) is 119 cm³/mol. The number of hydrogen-bond donors (Lipinski definition) is 2. The molecule has 31 heavy (non-hydrogen) atoms. The highest BCUT2D eigenvalue weighted by atomic mass is 35.5. The minimum absolute atomic E-state index is 0.00126. The second kappa shape index (κ2) is 8.98. The largest absolute Gasteiger partial charge is 0.369 e. The van der Waals surface area contributed by atoms with Crippen LogP contribution >= 0.6 is 11.6 Å². The molecule has 0 radical (unpaired) electrons. The Balaban J connectivity index is 2.08. The van der Waals surface area contributed by atoms with E-state index in [4.69, 9.17) is 17.3 Å². The van der Waals surface area contributed by atoms with Gasteiger partial charge >= 0.3 is 0 Å². The monoisotopic (exact) mass is 442 g/mol. The van der Waals surface area contributed by atoms with Crippen LogP contribution in [0.4, 0.5) is 4.39 Å². The number of H-pyrrole nitrogens is 1. The summed E-state index contributed by atoms with van der Waals surface area (Å²) in [4.78, 5) is 35.4. The van der Waals surface area contributed by atoms with Gasteiger partial charge in [0.15, 0.2) is 0 Å². The molecule has 1 aromatic carbocycles. The predicted octanol–water partition coefficient (Wildman–Crippen LogP) is 4.30. The summed E-state index contributed by atoms with van der Waals surface area (Å²) in [6.07, 6.45) is 3.54. The number of carbonyl (C=O) groups is 1. The molecule has 0 atom stereocenters. The molecule has 0 spiro atoms. The van der Waals surface area contributed by atoms with Gasteiger partial charge in [0.25, 0.3) is 5.56 Å². The van der Waals surface area contributed by atoms with Crippen LogP contribution in [-0.4, -0.2) is 20.9 Å². The number of primary amides is 1. The second-order valence-corrected chi connectivity index (χ2v) is 8.50. The van der Waals surface area contributed by atoms with Gasteiger partial charge in [0.2, 0.25) is 5.91 Å². The van der Waals surface area contributed by atoms with Crippen molar-refractivity contribution in [3.8, 4) is 22.6 Å². The van der Waals surface area contributed by atoms with E-state index < -0.39 is 22.7 Å². The minimum Gasteiger partial charge on any atom is -0.369 e. The number of aromatic nitrogens is 3. The van der Waals surface area contributed by atoms with Crippen molar-refractivity contribution in [2.24, 2.45) is 11.1 Å². The lowest BCUT2D eigenvalue weighted by Gasteiger charge is -2.21. The molecule has 6 nitrogen and oxygen atoms in total. The van der Waals surface area contributed by atoms with E-state index in [0.29, 0.717) is 11.3 Å². The standard InChI is InChI=1S/C23H24ClFN4O2/c1-4-5-15-8-6-14(12-27-15)17-10-18(30)29-21(28-17)19-16(24)9-7-13(20(19)25)11-23(2,3)22(26)31/h6-10,12H,4-5,11H2,1-3H3,(H2,26,31)(H,28,29,30). The van der Waals surface area contributed by atoms with Gasteiger partial charge in [0.05, 0.1) is 16.3 Å². The molecule has 3 rings (SSSR count). The third kappa shape index (κ3) is 4.99. The number of aryl methyl sites for hydroxylation is 1. The molecule has 0 bridgehead atoms. The van der Waals surface area contributed by atoms with Crippen molar-refractivity contribution < 1.29 is 9.18 Å². The van der Waals surface area contributed by atoms with Crippen LogP contribution in [0.2, 0.25) is 5.02 Å². The lowest BCUT2D eigenvalue weighted by Crippen LogP contribution is -2.33. The minimum atomic E-state index is -0.958. The number of pyridine rings is 1. The van der Waals surface area contributed by atoms with Gasteiger partial charge in [-0.1, -0.05) is 44.9 Å². The van der Waals surface area contributed by atoms with Crippen LogP contribution in [0.15, 0.2) is 41.3 Å². The maximum absolute atomic E-state index is 15.4. The maximum atomic E-state index is 15.4. The highest BCUT2D eigenvalue weighted by Gasteiger charge is 2.28. The average Bonchev–Trinajstić information content (AvgIpc) is 2.70. The van der Waals surface area contributed by atoms with Crippen LogP contribution < -0.4 is 11.3 Å². The highest BCUT2D eigenvalue weighted by Crippen LogP contribution is 2.33. The molecule has 0 aliphatic carbocycles. The Morgan fingerprint density at radius 3 is 2.61 bits per heavy atom. The van der Waals surface area contributed by atoms with Gasteiger partial charge in [-0.25, -0.2) is 9.37 Å². The molecular formula is C23H24ClFN4O2. The second-order valence-electron chi connectivity index (χ2n) is 8.09. The molecule has 2 heterocycles. The first-order valence-corrected chi connectivity index (χ1v) is 10.3. The molecule has 0 saturated heterocycles. The zero-order chi connectivity index (χ0) is 22.8. The van der Waals surface area contributed by atoms with Gasteiger partial charge in [0.1, 0.15) is 11.6 Å². The number of carbonyl (C=O) groups excluding carboxylic acids is 1. The van der Waals surface area contributed by atoms with E-state index in [1.165, 1.54) is 18.2 Å². The van der Waals surface area contributed by atoms with Gasteiger partial charge in [-0.15, -0.1) is 0 Å². The lowest BCUT2D eigenvalue weighted by atomic mass is 9.84. The first-order valence-electron chi connectivity index (χ1n) is 9.96. The number of aromatic amines is 1. The van der Waals surface area contributed by atoms with Crippen molar-refractivity contribution in [2.75, 3.05) is 0 Å². The summed E-state index contributed by atoms with van der Waals surface area (Å²) in [6.45, 7) is 5.34. The summed E-state index contributed by atoms with van der Waals surface area (Å²) in [5, 5.41) is 0.0925. The van der Waals surface area contributed by atoms with Gasteiger partial charge in [0, 0.05) is 28.9 Å². The fourth-order valence-electron chi connectivity index (χ4n) is 3.22. The number of benzene rings is 1.